The van der Waals surface area contributed by atoms with Gasteiger partial charge in [-0.1, -0.05) is 6.07 Å². The molecule has 19 heavy (non-hydrogen) atoms. The number of hydrogen-bond acceptors (Lipinski definition) is 4. The fourth-order valence-electron chi connectivity index (χ4n) is 1.85. The van der Waals surface area contributed by atoms with E-state index in [0.717, 1.165) is 17.1 Å². The summed E-state index contributed by atoms with van der Waals surface area (Å²) < 4.78 is 16.1. The monoisotopic (exact) mass is 265 g/mol. The van der Waals surface area contributed by atoms with Crippen LogP contribution in [0.25, 0.3) is 0 Å². The van der Waals surface area contributed by atoms with Crippen LogP contribution in [0.4, 0.5) is 0 Å². The van der Waals surface area contributed by atoms with E-state index in [4.69, 9.17) is 14.2 Å². The number of rotatable bonds is 5. The molecule has 0 bridgehead atoms. The normalized spacial score (nSPS) is 13.2. The van der Waals surface area contributed by atoms with E-state index in [-0.39, 0.29) is 12.5 Å². The van der Waals surface area contributed by atoms with Crippen LogP contribution in [-0.2, 0) is 16.1 Å². The molecule has 1 aromatic rings. The Kier molecular flexibility index (Phi) is 4.63. The van der Waals surface area contributed by atoms with Crippen LogP contribution in [0.3, 0.4) is 0 Å². The summed E-state index contributed by atoms with van der Waals surface area (Å²) in [6.07, 6.45) is 0. The summed E-state index contributed by atoms with van der Waals surface area (Å²) in [5.41, 5.74) is 1.01. The topological polar surface area (TPSA) is 48.0 Å². The van der Waals surface area contributed by atoms with E-state index < -0.39 is 0 Å². The summed E-state index contributed by atoms with van der Waals surface area (Å²) in [6.45, 7) is 4.21. The Morgan fingerprint density at radius 1 is 1.32 bits per heavy atom. The van der Waals surface area contributed by atoms with Crippen LogP contribution in [0.15, 0.2) is 18.2 Å². The number of hydrogen-bond donors (Lipinski definition) is 0. The van der Waals surface area contributed by atoms with Crippen LogP contribution in [0.5, 0.6) is 11.5 Å². The highest BCUT2D eigenvalue weighted by Crippen LogP contribution is 2.30. The lowest BCUT2D eigenvalue weighted by molar-refractivity contribution is -0.135. The van der Waals surface area contributed by atoms with Crippen molar-refractivity contribution >= 4 is 5.91 Å². The largest absolute Gasteiger partial charge is 0.486 e. The lowest BCUT2D eigenvalue weighted by atomic mass is 10.2. The van der Waals surface area contributed by atoms with Crippen LogP contribution in [-0.4, -0.2) is 44.3 Å². The van der Waals surface area contributed by atoms with E-state index in [1.54, 1.807) is 11.9 Å². The highest BCUT2D eigenvalue weighted by atomic mass is 16.6. The number of likely N-dealkylation sites (N-methyl/N-ethyl adjacent to an activating group) is 1. The molecule has 0 fully saturated rings. The summed E-state index contributed by atoms with van der Waals surface area (Å²) in [5, 5.41) is 0. The van der Waals surface area contributed by atoms with E-state index in [1.165, 1.54) is 0 Å². The van der Waals surface area contributed by atoms with Gasteiger partial charge in [0.15, 0.2) is 11.5 Å². The Morgan fingerprint density at radius 2 is 2.05 bits per heavy atom. The molecule has 0 spiro atoms. The van der Waals surface area contributed by atoms with E-state index in [9.17, 15) is 4.79 Å². The first kappa shape index (κ1) is 13.7. The molecule has 0 saturated carbocycles. The molecule has 0 saturated heterocycles. The molecule has 1 aliphatic heterocycles. The number of benzene rings is 1. The van der Waals surface area contributed by atoms with Gasteiger partial charge in [-0.2, -0.15) is 0 Å². The molecule has 0 unspecified atom stereocenters. The number of carbonyl (C=O) groups excluding carboxylic acids is 1. The molecular formula is C14H19NO4. The molecule has 1 amide bonds. The molecule has 1 aromatic carbocycles. The highest BCUT2D eigenvalue weighted by Gasteiger charge is 2.14. The predicted octanol–water partition coefficient (Wildman–Crippen LogP) is 1.45. The third-order valence-corrected chi connectivity index (χ3v) is 2.88. The zero-order valence-electron chi connectivity index (χ0n) is 11.3. The zero-order chi connectivity index (χ0) is 13.7. The third-order valence-electron chi connectivity index (χ3n) is 2.88. The quantitative estimate of drug-likeness (QED) is 0.808. The van der Waals surface area contributed by atoms with Crippen molar-refractivity contribution in [2.24, 2.45) is 0 Å². The minimum atomic E-state index is -0.0308. The average molecular weight is 265 g/mol. The number of fused-ring (bicyclic) bond motifs is 1. The van der Waals surface area contributed by atoms with Gasteiger partial charge in [-0.15, -0.1) is 0 Å². The van der Waals surface area contributed by atoms with Crippen molar-refractivity contribution in [2.75, 3.05) is 33.5 Å². The van der Waals surface area contributed by atoms with Crippen LogP contribution in [0.2, 0.25) is 0 Å². The van der Waals surface area contributed by atoms with Gasteiger partial charge in [0, 0.05) is 20.2 Å². The molecular weight excluding hydrogens is 246 g/mol. The molecule has 1 aliphatic rings. The van der Waals surface area contributed by atoms with Crippen molar-refractivity contribution in [1.82, 2.24) is 4.90 Å². The fraction of sp³-hybridized carbons (Fsp3) is 0.500. The van der Waals surface area contributed by atoms with Crippen LogP contribution in [0.1, 0.15) is 12.5 Å². The Morgan fingerprint density at radius 3 is 2.79 bits per heavy atom. The molecule has 2 rings (SSSR count). The number of amides is 1. The van der Waals surface area contributed by atoms with Crippen LogP contribution in [0, 0.1) is 0 Å². The molecule has 0 aromatic heterocycles. The zero-order valence-corrected chi connectivity index (χ0v) is 11.3. The lowest BCUT2D eigenvalue weighted by Crippen LogP contribution is -2.29. The molecule has 104 valence electrons. The van der Waals surface area contributed by atoms with Gasteiger partial charge in [0.25, 0.3) is 0 Å². The number of nitrogens with zero attached hydrogens (tertiary/aromatic N) is 1. The Bertz CT molecular complexity index is 447. The summed E-state index contributed by atoms with van der Waals surface area (Å²) in [7, 11) is 1.76. The van der Waals surface area contributed by atoms with Crippen molar-refractivity contribution < 1.29 is 19.0 Å². The van der Waals surface area contributed by atoms with Crippen molar-refractivity contribution in [2.45, 2.75) is 13.5 Å². The smallest absolute Gasteiger partial charge is 0.248 e. The maximum Gasteiger partial charge on any atom is 0.248 e. The maximum atomic E-state index is 11.7. The van der Waals surface area contributed by atoms with Crippen LogP contribution < -0.4 is 9.47 Å². The van der Waals surface area contributed by atoms with Gasteiger partial charge in [0.2, 0.25) is 5.91 Å². The second-order valence-corrected chi connectivity index (χ2v) is 4.36. The first-order valence-corrected chi connectivity index (χ1v) is 6.41. The molecule has 5 nitrogen and oxygen atoms in total. The SMILES string of the molecule is CCOCC(=O)N(C)Cc1ccc2c(c1)OCCO2. The molecule has 0 atom stereocenters. The standard InChI is InChI=1S/C14H19NO4/c1-3-17-10-14(16)15(2)9-11-4-5-12-13(8-11)19-7-6-18-12/h4-5,8H,3,6-7,9-10H2,1-2H3. The maximum absolute atomic E-state index is 11.7. The first-order chi connectivity index (χ1) is 9.20. The van der Waals surface area contributed by atoms with E-state index >= 15 is 0 Å². The van der Waals surface area contributed by atoms with Gasteiger partial charge < -0.3 is 19.1 Å². The summed E-state index contributed by atoms with van der Waals surface area (Å²) in [5.74, 6) is 1.48. The molecule has 0 N–H and O–H groups in total. The van der Waals surface area contributed by atoms with Gasteiger partial charge in [-0.25, -0.2) is 0 Å². The molecule has 0 radical (unpaired) electrons. The molecule has 0 aliphatic carbocycles. The van der Waals surface area contributed by atoms with Crippen LogP contribution >= 0.6 is 0 Å². The second-order valence-electron chi connectivity index (χ2n) is 4.36. The van der Waals surface area contributed by atoms with Gasteiger partial charge in [0.05, 0.1) is 0 Å². The first-order valence-electron chi connectivity index (χ1n) is 6.41. The summed E-state index contributed by atoms with van der Waals surface area (Å²) >= 11 is 0. The number of carbonyl (C=O) groups is 1. The van der Waals surface area contributed by atoms with E-state index in [2.05, 4.69) is 0 Å². The summed E-state index contributed by atoms with van der Waals surface area (Å²) in [4.78, 5) is 13.4. The van der Waals surface area contributed by atoms with Crippen molar-refractivity contribution in [3.8, 4) is 11.5 Å². The minimum Gasteiger partial charge on any atom is -0.486 e. The van der Waals surface area contributed by atoms with E-state index in [0.29, 0.717) is 26.4 Å². The minimum absolute atomic E-state index is 0.0308. The highest BCUT2D eigenvalue weighted by molar-refractivity contribution is 5.77. The van der Waals surface area contributed by atoms with Crippen molar-refractivity contribution in [3.05, 3.63) is 23.8 Å². The van der Waals surface area contributed by atoms with Crippen molar-refractivity contribution in [3.63, 3.8) is 0 Å². The summed E-state index contributed by atoms with van der Waals surface area (Å²) in [6, 6.07) is 5.74. The fourth-order valence-corrected chi connectivity index (χ4v) is 1.85. The molecule has 1 heterocycles. The average Bonchev–Trinajstić information content (AvgIpc) is 2.44. The molecule has 5 heteroatoms. The number of ether oxygens (including phenoxy) is 3. The van der Waals surface area contributed by atoms with Gasteiger partial charge in [-0.05, 0) is 24.6 Å². The Hall–Kier alpha value is -1.75. The Labute approximate surface area is 113 Å². The van der Waals surface area contributed by atoms with Gasteiger partial charge in [-0.3, -0.25) is 4.79 Å². The predicted molar refractivity (Wildman–Crippen MR) is 70.4 cm³/mol. The van der Waals surface area contributed by atoms with Gasteiger partial charge in [0.1, 0.15) is 19.8 Å². The Balaban J connectivity index is 1.97. The third kappa shape index (κ3) is 3.61. The van der Waals surface area contributed by atoms with Gasteiger partial charge >= 0.3 is 0 Å². The van der Waals surface area contributed by atoms with E-state index in [1.807, 2.05) is 25.1 Å². The second kappa shape index (κ2) is 6.43. The van der Waals surface area contributed by atoms with Crippen molar-refractivity contribution in [1.29, 1.82) is 0 Å². The lowest BCUT2D eigenvalue weighted by Gasteiger charge is -2.21.